The maximum Gasteiger partial charge on any atom is 0.243 e. The molecule has 1 aliphatic carbocycles. The first-order chi connectivity index (χ1) is 12.5. The van der Waals surface area contributed by atoms with Crippen molar-refractivity contribution in [2.24, 2.45) is 5.73 Å². The molecule has 1 aromatic carbocycles. The van der Waals surface area contributed by atoms with Crippen LogP contribution in [0, 0.1) is 0 Å². The fourth-order valence-corrected chi connectivity index (χ4v) is 3.54. The summed E-state index contributed by atoms with van der Waals surface area (Å²) in [5, 5.41) is 12.9. The van der Waals surface area contributed by atoms with Crippen molar-refractivity contribution < 1.29 is 9.90 Å². The number of carbonyl (C=O) groups excluding carboxylic acids is 1. The summed E-state index contributed by atoms with van der Waals surface area (Å²) in [7, 11) is 0. The second kappa shape index (κ2) is 7.39. The van der Waals surface area contributed by atoms with E-state index >= 15 is 0 Å². The molecule has 2 unspecified atom stereocenters. The molecule has 7 N–H and O–H groups in total. The number of hydrogen-bond donors (Lipinski definition) is 5. The number of aromatic amines is 1. The Labute approximate surface area is 152 Å². The van der Waals surface area contributed by atoms with Crippen molar-refractivity contribution in [1.82, 2.24) is 10.3 Å². The van der Waals surface area contributed by atoms with Gasteiger partial charge in [0.15, 0.2) is 0 Å². The summed E-state index contributed by atoms with van der Waals surface area (Å²) in [4.78, 5) is 14.9. The van der Waals surface area contributed by atoms with Crippen molar-refractivity contribution in [2.75, 3.05) is 5.73 Å². The summed E-state index contributed by atoms with van der Waals surface area (Å²) in [5.74, 6) is 0.651. The number of hydrogen-bond acceptors (Lipinski definition) is 4. The number of phenolic OH excluding ortho intramolecular Hbond substituents is 1. The number of rotatable bonds is 5. The SMILES string of the molecule is C=CC(=O)NC1CCCC1c1cc(/C=C(\N)c2ccccc2O)c(N)[nH]1. The lowest BCUT2D eigenvalue weighted by Gasteiger charge is -2.19. The van der Waals surface area contributed by atoms with E-state index in [0.717, 1.165) is 30.5 Å². The Bertz CT molecular complexity index is 853. The first-order valence-corrected chi connectivity index (χ1v) is 8.66. The predicted octanol–water partition coefficient (Wildman–Crippen LogP) is 2.70. The molecular formula is C20H24N4O2. The Kier molecular flexibility index (Phi) is 5.02. The number of aromatic nitrogens is 1. The summed E-state index contributed by atoms with van der Waals surface area (Å²) in [5.41, 5.74) is 15.0. The number of benzene rings is 1. The van der Waals surface area contributed by atoms with E-state index in [1.165, 1.54) is 6.08 Å². The minimum absolute atomic E-state index is 0.0610. The molecular weight excluding hydrogens is 328 g/mol. The Morgan fingerprint density at radius 2 is 2.12 bits per heavy atom. The van der Waals surface area contributed by atoms with Crippen molar-refractivity contribution >= 4 is 23.5 Å². The van der Waals surface area contributed by atoms with Gasteiger partial charge in [0.1, 0.15) is 11.6 Å². The molecule has 1 saturated carbocycles. The van der Waals surface area contributed by atoms with Crippen molar-refractivity contribution in [3.8, 4) is 5.75 Å². The maximum atomic E-state index is 11.6. The third-order valence-corrected chi connectivity index (χ3v) is 4.86. The van der Waals surface area contributed by atoms with Gasteiger partial charge in [-0.05, 0) is 43.2 Å². The van der Waals surface area contributed by atoms with Gasteiger partial charge < -0.3 is 26.9 Å². The van der Waals surface area contributed by atoms with Crippen molar-refractivity contribution in [3.63, 3.8) is 0 Å². The zero-order chi connectivity index (χ0) is 18.7. The van der Waals surface area contributed by atoms with Gasteiger partial charge in [-0.2, -0.15) is 0 Å². The van der Waals surface area contributed by atoms with E-state index in [9.17, 15) is 9.90 Å². The van der Waals surface area contributed by atoms with E-state index in [0.29, 0.717) is 17.1 Å². The number of anilines is 1. The Balaban J connectivity index is 1.85. The molecule has 1 aliphatic rings. The molecule has 6 nitrogen and oxygen atoms in total. The van der Waals surface area contributed by atoms with Gasteiger partial charge in [-0.3, -0.25) is 4.79 Å². The Morgan fingerprint density at radius 1 is 1.35 bits per heavy atom. The average Bonchev–Trinajstić information content (AvgIpc) is 3.22. The van der Waals surface area contributed by atoms with E-state index < -0.39 is 0 Å². The molecule has 0 spiro atoms. The second-order valence-electron chi connectivity index (χ2n) is 6.57. The van der Waals surface area contributed by atoms with Crippen LogP contribution < -0.4 is 16.8 Å². The number of nitrogen functional groups attached to an aromatic ring is 1. The molecule has 3 rings (SSSR count). The van der Waals surface area contributed by atoms with Crippen LogP contribution in [0.15, 0.2) is 43.0 Å². The number of para-hydroxylation sites is 1. The molecule has 6 heteroatoms. The van der Waals surface area contributed by atoms with Crippen LogP contribution >= 0.6 is 0 Å². The lowest BCUT2D eigenvalue weighted by Crippen LogP contribution is -2.35. The van der Waals surface area contributed by atoms with Gasteiger partial charge in [0.25, 0.3) is 0 Å². The highest BCUT2D eigenvalue weighted by molar-refractivity contribution is 5.87. The van der Waals surface area contributed by atoms with E-state index in [1.807, 2.05) is 12.1 Å². The molecule has 1 amide bonds. The number of amides is 1. The highest BCUT2D eigenvalue weighted by atomic mass is 16.3. The number of aromatic hydroxyl groups is 1. The summed E-state index contributed by atoms with van der Waals surface area (Å²) in [6, 6.07) is 8.92. The molecule has 0 radical (unpaired) electrons. The van der Waals surface area contributed by atoms with Crippen LogP contribution in [0.1, 0.15) is 42.0 Å². The lowest BCUT2D eigenvalue weighted by atomic mass is 9.99. The molecule has 0 aliphatic heterocycles. The predicted molar refractivity (Wildman–Crippen MR) is 104 cm³/mol. The molecule has 0 bridgehead atoms. The zero-order valence-electron chi connectivity index (χ0n) is 14.5. The minimum atomic E-state index is -0.162. The lowest BCUT2D eigenvalue weighted by molar-refractivity contribution is -0.117. The van der Waals surface area contributed by atoms with E-state index in [1.54, 1.807) is 24.3 Å². The smallest absolute Gasteiger partial charge is 0.243 e. The first kappa shape index (κ1) is 17.7. The van der Waals surface area contributed by atoms with Crippen LogP contribution in [0.25, 0.3) is 11.8 Å². The third-order valence-electron chi connectivity index (χ3n) is 4.86. The van der Waals surface area contributed by atoms with Gasteiger partial charge in [-0.1, -0.05) is 25.1 Å². The summed E-state index contributed by atoms with van der Waals surface area (Å²) >= 11 is 0. The van der Waals surface area contributed by atoms with Gasteiger partial charge in [-0.15, -0.1) is 0 Å². The normalized spacial score (nSPS) is 20.1. The summed E-state index contributed by atoms with van der Waals surface area (Å²) in [6.45, 7) is 3.51. The standard InChI is InChI=1S/C20H24N4O2/c1-2-19(26)23-16-8-5-7-14(16)17-11-12(20(22)24-17)10-15(21)13-6-3-4-9-18(13)25/h2-4,6,9-11,14,16,24-25H,1,5,7-8,21-22H2,(H,23,26)/b15-10-. The molecule has 136 valence electrons. The highest BCUT2D eigenvalue weighted by Gasteiger charge is 2.30. The summed E-state index contributed by atoms with van der Waals surface area (Å²) in [6.07, 6.45) is 5.97. The van der Waals surface area contributed by atoms with E-state index in [-0.39, 0.29) is 23.6 Å². The maximum absolute atomic E-state index is 11.6. The Morgan fingerprint density at radius 3 is 2.85 bits per heavy atom. The van der Waals surface area contributed by atoms with E-state index in [2.05, 4.69) is 16.9 Å². The highest BCUT2D eigenvalue weighted by Crippen LogP contribution is 2.36. The van der Waals surface area contributed by atoms with Gasteiger partial charge in [0.2, 0.25) is 5.91 Å². The average molecular weight is 352 g/mol. The van der Waals surface area contributed by atoms with Crippen molar-refractivity contribution in [2.45, 2.75) is 31.2 Å². The van der Waals surface area contributed by atoms with Crippen molar-refractivity contribution in [3.05, 3.63) is 59.8 Å². The van der Waals surface area contributed by atoms with E-state index in [4.69, 9.17) is 11.5 Å². The molecule has 0 saturated heterocycles. The van der Waals surface area contributed by atoms with Crippen LogP contribution in [0.5, 0.6) is 5.75 Å². The molecule has 2 atom stereocenters. The monoisotopic (exact) mass is 352 g/mol. The third kappa shape index (κ3) is 3.59. The molecule has 26 heavy (non-hydrogen) atoms. The number of nitrogens with two attached hydrogens (primary N) is 2. The molecule has 2 aromatic rings. The molecule has 1 aromatic heterocycles. The summed E-state index contributed by atoms with van der Waals surface area (Å²) < 4.78 is 0. The first-order valence-electron chi connectivity index (χ1n) is 8.66. The topological polar surface area (TPSA) is 117 Å². The second-order valence-corrected chi connectivity index (χ2v) is 6.57. The van der Waals surface area contributed by atoms with Crippen LogP contribution in [0.3, 0.4) is 0 Å². The molecule has 1 fully saturated rings. The number of carbonyl (C=O) groups is 1. The molecule has 1 heterocycles. The fourth-order valence-electron chi connectivity index (χ4n) is 3.54. The van der Waals surface area contributed by atoms with Crippen LogP contribution in [0.2, 0.25) is 0 Å². The van der Waals surface area contributed by atoms with Gasteiger partial charge >= 0.3 is 0 Å². The van der Waals surface area contributed by atoms with Crippen molar-refractivity contribution in [1.29, 1.82) is 0 Å². The Hall–Kier alpha value is -3.15. The number of H-pyrrole nitrogens is 1. The number of nitrogens with one attached hydrogen (secondary N) is 2. The van der Waals surface area contributed by atoms with Crippen LogP contribution in [-0.2, 0) is 4.79 Å². The van der Waals surface area contributed by atoms with Crippen LogP contribution in [0.4, 0.5) is 5.82 Å². The number of phenols is 1. The quantitative estimate of drug-likeness (QED) is 0.532. The largest absolute Gasteiger partial charge is 0.507 e. The zero-order valence-corrected chi connectivity index (χ0v) is 14.5. The van der Waals surface area contributed by atoms with Crippen LogP contribution in [-0.4, -0.2) is 22.0 Å². The van der Waals surface area contributed by atoms with Gasteiger partial charge in [-0.25, -0.2) is 0 Å². The fraction of sp³-hybridized carbons (Fsp3) is 0.250. The van der Waals surface area contributed by atoms with Gasteiger partial charge in [0, 0.05) is 34.5 Å². The van der Waals surface area contributed by atoms with Gasteiger partial charge in [0.05, 0.1) is 0 Å². The minimum Gasteiger partial charge on any atom is -0.507 e.